The fourth-order valence-corrected chi connectivity index (χ4v) is 3.56. The molecule has 32 heavy (non-hydrogen) atoms. The third-order valence-corrected chi connectivity index (χ3v) is 5.40. The largest absolute Gasteiger partial charge is 0.343 e. The lowest BCUT2D eigenvalue weighted by Gasteiger charge is -2.24. The molecule has 1 unspecified atom stereocenters. The zero-order valence-electron chi connectivity index (χ0n) is 18.0. The SMILES string of the molecule is CC(C)C(NC(=O)C(c1ccccc1)c1ccccc1)C(=O)NN=Cc1ccccc1Cl. The fourth-order valence-electron chi connectivity index (χ4n) is 3.37. The number of hydrogen-bond acceptors (Lipinski definition) is 3. The molecule has 0 aliphatic heterocycles. The maximum absolute atomic E-state index is 13.4. The summed E-state index contributed by atoms with van der Waals surface area (Å²) in [4.78, 5) is 26.2. The van der Waals surface area contributed by atoms with Crippen LogP contribution in [-0.4, -0.2) is 24.1 Å². The van der Waals surface area contributed by atoms with Crippen molar-refractivity contribution in [2.24, 2.45) is 11.0 Å². The van der Waals surface area contributed by atoms with E-state index in [1.54, 1.807) is 12.1 Å². The third-order valence-electron chi connectivity index (χ3n) is 5.06. The lowest BCUT2D eigenvalue weighted by molar-refractivity contribution is -0.130. The summed E-state index contributed by atoms with van der Waals surface area (Å²) in [6.45, 7) is 3.75. The van der Waals surface area contributed by atoms with Gasteiger partial charge in [-0.05, 0) is 23.1 Å². The molecule has 0 radical (unpaired) electrons. The Morgan fingerprint density at radius 2 is 1.34 bits per heavy atom. The van der Waals surface area contributed by atoms with Gasteiger partial charge in [0.15, 0.2) is 0 Å². The van der Waals surface area contributed by atoms with Crippen LogP contribution in [0.1, 0.15) is 36.5 Å². The molecule has 2 N–H and O–H groups in total. The van der Waals surface area contributed by atoms with Gasteiger partial charge in [0.1, 0.15) is 6.04 Å². The van der Waals surface area contributed by atoms with Crippen LogP contribution in [-0.2, 0) is 9.59 Å². The first-order valence-electron chi connectivity index (χ1n) is 10.4. The Morgan fingerprint density at radius 1 is 0.812 bits per heavy atom. The minimum Gasteiger partial charge on any atom is -0.343 e. The Balaban J connectivity index is 1.76. The van der Waals surface area contributed by atoms with Crippen molar-refractivity contribution in [2.45, 2.75) is 25.8 Å². The summed E-state index contributed by atoms with van der Waals surface area (Å²) in [5.41, 5.74) is 4.92. The molecule has 0 aliphatic carbocycles. The number of halogens is 1. The Hall–Kier alpha value is -3.44. The van der Waals surface area contributed by atoms with Crippen LogP contribution in [0.4, 0.5) is 0 Å². The van der Waals surface area contributed by atoms with E-state index in [4.69, 9.17) is 11.6 Å². The molecule has 6 heteroatoms. The molecular formula is C26H26ClN3O2. The normalized spacial score (nSPS) is 12.2. The van der Waals surface area contributed by atoms with Crippen molar-refractivity contribution in [3.8, 4) is 0 Å². The summed E-state index contributed by atoms with van der Waals surface area (Å²) in [7, 11) is 0. The number of hydrazone groups is 1. The van der Waals surface area contributed by atoms with Crippen molar-refractivity contribution in [3.05, 3.63) is 107 Å². The first-order chi connectivity index (χ1) is 15.5. The average Bonchev–Trinajstić information content (AvgIpc) is 2.80. The second kappa shape index (κ2) is 11.3. The van der Waals surface area contributed by atoms with Crippen LogP contribution in [0.3, 0.4) is 0 Å². The molecule has 1 atom stereocenters. The first-order valence-corrected chi connectivity index (χ1v) is 10.8. The molecule has 0 saturated carbocycles. The van der Waals surface area contributed by atoms with E-state index in [0.29, 0.717) is 10.6 Å². The summed E-state index contributed by atoms with van der Waals surface area (Å²) in [6.07, 6.45) is 1.48. The van der Waals surface area contributed by atoms with Crippen molar-refractivity contribution in [3.63, 3.8) is 0 Å². The highest BCUT2D eigenvalue weighted by molar-refractivity contribution is 6.33. The van der Waals surface area contributed by atoms with Gasteiger partial charge in [0, 0.05) is 10.6 Å². The molecule has 0 heterocycles. The van der Waals surface area contributed by atoms with Crippen molar-refractivity contribution < 1.29 is 9.59 Å². The highest BCUT2D eigenvalue weighted by Crippen LogP contribution is 2.25. The second-order valence-electron chi connectivity index (χ2n) is 7.74. The van der Waals surface area contributed by atoms with E-state index < -0.39 is 17.9 Å². The second-order valence-corrected chi connectivity index (χ2v) is 8.15. The molecule has 3 aromatic carbocycles. The summed E-state index contributed by atoms with van der Waals surface area (Å²) < 4.78 is 0. The van der Waals surface area contributed by atoms with E-state index in [0.717, 1.165) is 11.1 Å². The van der Waals surface area contributed by atoms with Crippen LogP contribution in [0.5, 0.6) is 0 Å². The quantitative estimate of drug-likeness (QED) is 0.386. The Bertz CT molecular complexity index is 1030. The Kier molecular flexibility index (Phi) is 8.17. The van der Waals surface area contributed by atoms with Crippen LogP contribution >= 0.6 is 11.6 Å². The summed E-state index contributed by atoms with van der Waals surface area (Å²) >= 11 is 6.11. The monoisotopic (exact) mass is 447 g/mol. The molecule has 0 aliphatic rings. The zero-order valence-corrected chi connectivity index (χ0v) is 18.8. The minimum absolute atomic E-state index is 0.137. The number of rotatable bonds is 8. The number of nitrogens with zero attached hydrogens (tertiary/aromatic N) is 1. The summed E-state index contributed by atoms with van der Waals surface area (Å²) in [5.74, 6) is -1.30. The predicted molar refractivity (Wildman–Crippen MR) is 129 cm³/mol. The van der Waals surface area contributed by atoms with E-state index in [1.165, 1.54) is 6.21 Å². The molecule has 0 bridgehead atoms. The van der Waals surface area contributed by atoms with Gasteiger partial charge in [0.2, 0.25) is 5.91 Å². The summed E-state index contributed by atoms with van der Waals surface area (Å²) in [5, 5.41) is 7.47. The highest BCUT2D eigenvalue weighted by Gasteiger charge is 2.29. The van der Waals surface area contributed by atoms with Gasteiger partial charge >= 0.3 is 0 Å². The number of carbonyl (C=O) groups is 2. The van der Waals surface area contributed by atoms with Gasteiger partial charge in [-0.2, -0.15) is 5.10 Å². The molecule has 164 valence electrons. The van der Waals surface area contributed by atoms with E-state index in [1.807, 2.05) is 86.6 Å². The van der Waals surface area contributed by atoms with E-state index in [-0.39, 0.29) is 11.8 Å². The van der Waals surface area contributed by atoms with Gasteiger partial charge < -0.3 is 5.32 Å². The number of carbonyl (C=O) groups excluding carboxylic acids is 2. The molecule has 0 fully saturated rings. The molecule has 3 aromatic rings. The number of amides is 2. The van der Waals surface area contributed by atoms with Gasteiger partial charge in [-0.3, -0.25) is 9.59 Å². The van der Waals surface area contributed by atoms with Crippen LogP contribution in [0, 0.1) is 5.92 Å². The molecule has 2 amide bonds. The van der Waals surface area contributed by atoms with E-state index in [9.17, 15) is 9.59 Å². The molecule has 3 rings (SSSR count). The van der Waals surface area contributed by atoms with Crippen LogP contribution < -0.4 is 10.7 Å². The first kappa shape index (κ1) is 23.2. The zero-order chi connectivity index (χ0) is 22.9. The van der Waals surface area contributed by atoms with Gasteiger partial charge in [0.25, 0.3) is 5.91 Å². The Morgan fingerprint density at radius 3 is 1.88 bits per heavy atom. The van der Waals surface area contributed by atoms with Crippen LogP contribution in [0.25, 0.3) is 0 Å². The highest BCUT2D eigenvalue weighted by atomic mass is 35.5. The third kappa shape index (κ3) is 6.05. The average molecular weight is 448 g/mol. The van der Waals surface area contributed by atoms with Crippen molar-refractivity contribution >= 4 is 29.6 Å². The van der Waals surface area contributed by atoms with Gasteiger partial charge in [-0.1, -0.05) is 104 Å². The van der Waals surface area contributed by atoms with Crippen LogP contribution in [0.2, 0.25) is 5.02 Å². The maximum Gasteiger partial charge on any atom is 0.262 e. The van der Waals surface area contributed by atoms with Crippen molar-refractivity contribution in [1.82, 2.24) is 10.7 Å². The molecule has 0 spiro atoms. The molecular weight excluding hydrogens is 422 g/mol. The lowest BCUT2D eigenvalue weighted by Crippen LogP contribution is -2.50. The molecule has 5 nitrogen and oxygen atoms in total. The topological polar surface area (TPSA) is 70.6 Å². The predicted octanol–water partition coefficient (Wildman–Crippen LogP) is 4.76. The van der Waals surface area contributed by atoms with Gasteiger partial charge in [0.05, 0.1) is 12.1 Å². The van der Waals surface area contributed by atoms with E-state index >= 15 is 0 Å². The lowest BCUT2D eigenvalue weighted by atomic mass is 9.89. The fraction of sp³-hybridized carbons (Fsp3) is 0.192. The number of benzene rings is 3. The molecule has 0 saturated heterocycles. The number of nitrogens with one attached hydrogen (secondary N) is 2. The number of hydrogen-bond donors (Lipinski definition) is 2. The van der Waals surface area contributed by atoms with Crippen molar-refractivity contribution in [1.29, 1.82) is 0 Å². The minimum atomic E-state index is -0.749. The van der Waals surface area contributed by atoms with Crippen LogP contribution in [0.15, 0.2) is 90.0 Å². The van der Waals surface area contributed by atoms with E-state index in [2.05, 4.69) is 15.8 Å². The Labute approximate surface area is 193 Å². The van der Waals surface area contributed by atoms with Crippen molar-refractivity contribution in [2.75, 3.05) is 0 Å². The maximum atomic E-state index is 13.4. The standard InChI is InChI=1S/C26H26ClN3O2/c1-18(2)24(26(32)30-28-17-21-15-9-10-16-22(21)27)29-25(31)23(19-11-5-3-6-12-19)20-13-7-4-8-14-20/h3-18,23-24H,1-2H3,(H,29,31)(H,30,32). The smallest absolute Gasteiger partial charge is 0.262 e. The van der Waals surface area contributed by atoms with Gasteiger partial charge in [-0.15, -0.1) is 0 Å². The summed E-state index contributed by atoms with van der Waals surface area (Å²) in [6, 6.07) is 25.5. The molecule has 0 aromatic heterocycles. The van der Waals surface area contributed by atoms with Gasteiger partial charge in [-0.25, -0.2) is 5.43 Å².